The van der Waals surface area contributed by atoms with Gasteiger partial charge in [-0.2, -0.15) is 0 Å². The minimum absolute atomic E-state index is 0.362. The summed E-state index contributed by atoms with van der Waals surface area (Å²) in [5, 5.41) is 9.42. The van der Waals surface area contributed by atoms with E-state index in [1.165, 1.54) is 37.7 Å². The second-order valence-corrected chi connectivity index (χ2v) is 5.69. The molecule has 0 saturated heterocycles. The van der Waals surface area contributed by atoms with Gasteiger partial charge in [0.2, 0.25) is 0 Å². The molecule has 0 amide bonds. The number of aliphatic hydroxyl groups is 1. The zero-order chi connectivity index (χ0) is 12.2. The van der Waals surface area contributed by atoms with Crippen molar-refractivity contribution in [1.82, 2.24) is 0 Å². The van der Waals surface area contributed by atoms with Gasteiger partial charge in [-0.15, -0.1) is 0 Å². The normalized spacial score (nSPS) is 34.2. The molecule has 1 N–H and O–H groups in total. The first kappa shape index (κ1) is 13.8. The highest BCUT2D eigenvalue weighted by molar-refractivity contribution is 5.19. The molecule has 3 atom stereocenters. The zero-order valence-corrected chi connectivity index (χ0v) is 11.4. The molecule has 94 valence electrons. The molecule has 1 fully saturated rings. The van der Waals surface area contributed by atoms with Crippen LogP contribution in [0.3, 0.4) is 0 Å². The predicted octanol–water partition coefficient (Wildman–Crippen LogP) is 4.17. The fourth-order valence-electron chi connectivity index (χ4n) is 3.02. The van der Waals surface area contributed by atoms with Crippen LogP contribution in [-0.2, 0) is 0 Å². The molecule has 1 saturated carbocycles. The van der Waals surface area contributed by atoms with Crippen LogP contribution in [0.2, 0.25) is 0 Å². The second kappa shape index (κ2) is 5.86. The van der Waals surface area contributed by atoms with Gasteiger partial charge in [-0.05, 0) is 37.0 Å². The summed E-state index contributed by atoms with van der Waals surface area (Å²) < 4.78 is 0. The van der Waals surface area contributed by atoms with Crippen LogP contribution in [0.25, 0.3) is 0 Å². The maximum absolute atomic E-state index is 9.42. The Morgan fingerprint density at radius 3 is 2.50 bits per heavy atom. The molecule has 1 nitrogen and oxygen atoms in total. The fourth-order valence-corrected chi connectivity index (χ4v) is 3.02. The van der Waals surface area contributed by atoms with Gasteiger partial charge in [0.25, 0.3) is 0 Å². The quantitative estimate of drug-likeness (QED) is 0.644. The molecule has 1 heteroatoms. The van der Waals surface area contributed by atoms with Gasteiger partial charge >= 0.3 is 0 Å². The topological polar surface area (TPSA) is 20.2 Å². The molecular formula is C15H28O. The molecule has 1 rings (SSSR count). The summed E-state index contributed by atoms with van der Waals surface area (Å²) >= 11 is 0. The maximum atomic E-state index is 9.42. The number of hydrogen-bond acceptors (Lipinski definition) is 1. The van der Waals surface area contributed by atoms with E-state index in [4.69, 9.17) is 0 Å². The monoisotopic (exact) mass is 224 g/mol. The van der Waals surface area contributed by atoms with E-state index in [2.05, 4.69) is 33.8 Å². The van der Waals surface area contributed by atoms with E-state index in [1.54, 1.807) is 0 Å². The molecule has 0 aromatic heterocycles. The van der Waals surface area contributed by atoms with Crippen molar-refractivity contribution in [3.63, 3.8) is 0 Å². The SMILES string of the molecule is CCCC[C@@]1(C)[C@H](/C=C(\C)CCC)[C@@H]1CO. The lowest BCUT2D eigenvalue weighted by molar-refractivity contribution is 0.248. The highest BCUT2D eigenvalue weighted by atomic mass is 16.3. The van der Waals surface area contributed by atoms with Crippen LogP contribution >= 0.6 is 0 Å². The summed E-state index contributed by atoms with van der Waals surface area (Å²) in [6, 6.07) is 0. The first-order valence-corrected chi connectivity index (χ1v) is 6.88. The van der Waals surface area contributed by atoms with Crippen LogP contribution in [0, 0.1) is 17.3 Å². The van der Waals surface area contributed by atoms with E-state index >= 15 is 0 Å². The molecular weight excluding hydrogens is 196 g/mol. The molecule has 0 unspecified atom stereocenters. The molecule has 0 bridgehead atoms. The lowest BCUT2D eigenvalue weighted by Crippen LogP contribution is -2.01. The summed E-state index contributed by atoms with van der Waals surface area (Å²) in [5.74, 6) is 1.15. The van der Waals surface area contributed by atoms with Gasteiger partial charge in [0.05, 0.1) is 0 Å². The minimum Gasteiger partial charge on any atom is -0.396 e. The van der Waals surface area contributed by atoms with Crippen LogP contribution in [0.1, 0.15) is 59.8 Å². The average Bonchev–Trinajstić information content (AvgIpc) is 2.80. The average molecular weight is 224 g/mol. The van der Waals surface area contributed by atoms with Crippen molar-refractivity contribution in [3.8, 4) is 0 Å². The van der Waals surface area contributed by atoms with Gasteiger partial charge in [0.15, 0.2) is 0 Å². The highest BCUT2D eigenvalue weighted by Crippen LogP contribution is 2.62. The molecule has 16 heavy (non-hydrogen) atoms. The van der Waals surface area contributed by atoms with Crippen molar-refractivity contribution >= 4 is 0 Å². The summed E-state index contributed by atoms with van der Waals surface area (Å²) in [7, 11) is 0. The van der Waals surface area contributed by atoms with E-state index in [0.717, 1.165) is 0 Å². The third kappa shape index (κ3) is 2.88. The van der Waals surface area contributed by atoms with Gasteiger partial charge < -0.3 is 5.11 Å². The minimum atomic E-state index is 0.362. The standard InChI is InChI=1S/C15H28O/c1-5-7-9-15(4)13(14(15)11-16)10-12(3)8-6-2/h10,13-14,16H,5-9,11H2,1-4H3/b12-10+/t13-,14+,15+/m1/s1. The van der Waals surface area contributed by atoms with Gasteiger partial charge in [-0.25, -0.2) is 0 Å². The van der Waals surface area contributed by atoms with Crippen LogP contribution in [0.4, 0.5) is 0 Å². The van der Waals surface area contributed by atoms with Crippen molar-refractivity contribution in [3.05, 3.63) is 11.6 Å². The third-order valence-electron chi connectivity index (χ3n) is 4.31. The lowest BCUT2D eigenvalue weighted by Gasteiger charge is -2.09. The van der Waals surface area contributed by atoms with Crippen molar-refractivity contribution in [2.24, 2.45) is 17.3 Å². The third-order valence-corrected chi connectivity index (χ3v) is 4.31. The van der Waals surface area contributed by atoms with E-state index < -0.39 is 0 Å². The number of allylic oxidation sites excluding steroid dienone is 2. The van der Waals surface area contributed by atoms with Crippen LogP contribution < -0.4 is 0 Å². The van der Waals surface area contributed by atoms with Crippen molar-refractivity contribution < 1.29 is 5.11 Å². The first-order chi connectivity index (χ1) is 7.60. The van der Waals surface area contributed by atoms with Crippen molar-refractivity contribution in [2.45, 2.75) is 59.8 Å². The lowest BCUT2D eigenvalue weighted by atomic mass is 9.96. The molecule has 0 aromatic rings. The zero-order valence-electron chi connectivity index (χ0n) is 11.4. The van der Waals surface area contributed by atoms with Gasteiger partial charge in [0.1, 0.15) is 0 Å². The summed E-state index contributed by atoms with van der Waals surface area (Å²) in [6.07, 6.45) is 8.70. The Morgan fingerprint density at radius 2 is 2.00 bits per heavy atom. The predicted molar refractivity (Wildman–Crippen MR) is 70.4 cm³/mol. The Balaban J connectivity index is 2.57. The molecule has 0 spiro atoms. The largest absolute Gasteiger partial charge is 0.396 e. The van der Waals surface area contributed by atoms with Crippen molar-refractivity contribution in [2.75, 3.05) is 6.61 Å². The smallest absolute Gasteiger partial charge is 0.0470 e. The Hall–Kier alpha value is -0.300. The Labute approximate surface area is 101 Å². The Bertz CT molecular complexity index is 244. The molecule has 0 radical (unpaired) electrons. The number of aliphatic hydroxyl groups excluding tert-OH is 1. The number of rotatable bonds is 7. The van der Waals surface area contributed by atoms with Crippen LogP contribution in [0.5, 0.6) is 0 Å². The fraction of sp³-hybridized carbons (Fsp3) is 0.867. The van der Waals surface area contributed by atoms with Crippen molar-refractivity contribution in [1.29, 1.82) is 0 Å². The summed E-state index contributed by atoms with van der Waals surface area (Å²) in [6.45, 7) is 9.41. The van der Waals surface area contributed by atoms with E-state index in [1.807, 2.05) is 0 Å². The van der Waals surface area contributed by atoms with Gasteiger partial charge in [-0.3, -0.25) is 0 Å². The van der Waals surface area contributed by atoms with Gasteiger partial charge in [-0.1, -0.05) is 51.7 Å². The molecule has 1 aliphatic carbocycles. The molecule has 0 heterocycles. The van der Waals surface area contributed by atoms with E-state index in [-0.39, 0.29) is 0 Å². The summed E-state index contributed by atoms with van der Waals surface area (Å²) in [5.41, 5.74) is 1.89. The van der Waals surface area contributed by atoms with Crippen LogP contribution in [0.15, 0.2) is 11.6 Å². The number of unbranched alkanes of at least 4 members (excludes halogenated alkanes) is 1. The molecule has 1 aliphatic rings. The second-order valence-electron chi connectivity index (χ2n) is 5.69. The van der Waals surface area contributed by atoms with E-state index in [0.29, 0.717) is 23.9 Å². The highest BCUT2D eigenvalue weighted by Gasteiger charge is 2.58. The summed E-state index contributed by atoms with van der Waals surface area (Å²) in [4.78, 5) is 0. The Morgan fingerprint density at radius 1 is 1.31 bits per heavy atom. The van der Waals surface area contributed by atoms with Crippen LogP contribution in [-0.4, -0.2) is 11.7 Å². The first-order valence-electron chi connectivity index (χ1n) is 6.88. The molecule has 0 aliphatic heterocycles. The van der Waals surface area contributed by atoms with Gasteiger partial charge in [0, 0.05) is 6.61 Å². The maximum Gasteiger partial charge on any atom is 0.0470 e. The molecule has 0 aromatic carbocycles. The van der Waals surface area contributed by atoms with E-state index in [9.17, 15) is 5.11 Å². The Kier molecular flexibility index (Phi) is 5.04. The number of hydrogen-bond donors (Lipinski definition) is 1.